The molecule has 0 aromatic rings. The zero-order chi connectivity index (χ0) is 10.1. The molecule has 2 heterocycles. The number of piperidine rings is 1. The van der Waals surface area contributed by atoms with E-state index in [0.717, 1.165) is 32.2 Å². The molecule has 1 amide bonds. The van der Waals surface area contributed by atoms with Gasteiger partial charge in [0.05, 0.1) is 12.2 Å². The quantitative estimate of drug-likeness (QED) is 0.672. The van der Waals surface area contributed by atoms with E-state index in [1.165, 1.54) is 0 Å². The highest BCUT2D eigenvalue weighted by atomic mass is 16.5. The number of amides is 1. The Morgan fingerprint density at radius 1 is 1.43 bits per heavy atom. The lowest BCUT2D eigenvalue weighted by Crippen LogP contribution is -2.43. The van der Waals surface area contributed by atoms with Gasteiger partial charge in [-0.25, -0.2) is 0 Å². The van der Waals surface area contributed by atoms with Crippen LogP contribution in [0.1, 0.15) is 39.5 Å². The third-order valence-corrected chi connectivity index (χ3v) is 3.14. The first-order valence-corrected chi connectivity index (χ1v) is 5.61. The van der Waals surface area contributed by atoms with Gasteiger partial charge >= 0.3 is 0 Å². The van der Waals surface area contributed by atoms with Gasteiger partial charge in [0, 0.05) is 19.0 Å². The highest BCUT2D eigenvalue weighted by Gasteiger charge is 2.36. The van der Waals surface area contributed by atoms with E-state index in [0.29, 0.717) is 24.2 Å². The first-order valence-electron chi connectivity index (χ1n) is 5.61. The maximum absolute atomic E-state index is 11.4. The van der Waals surface area contributed by atoms with Crippen molar-refractivity contribution < 1.29 is 9.53 Å². The minimum absolute atomic E-state index is 0.309. The zero-order valence-electron chi connectivity index (χ0n) is 9.03. The van der Waals surface area contributed by atoms with Gasteiger partial charge in [0.25, 0.3) is 0 Å². The van der Waals surface area contributed by atoms with Crippen LogP contribution in [0.4, 0.5) is 0 Å². The van der Waals surface area contributed by atoms with E-state index in [-0.39, 0.29) is 0 Å². The Balaban J connectivity index is 1.89. The van der Waals surface area contributed by atoms with Crippen molar-refractivity contribution >= 4 is 5.91 Å². The Kier molecular flexibility index (Phi) is 2.77. The van der Waals surface area contributed by atoms with Crippen molar-refractivity contribution in [1.82, 2.24) is 4.90 Å². The van der Waals surface area contributed by atoms with Crippen LogP contribution in [0.3, 0.4) is 0 Å². The number of hydrogen-bond acceptors (Lipinski definition) is 2. The molecule has 2 saturated heterocycles. The van der Waals surface area contributed by atoms with E-state index < -0.39 is 0 Å². The molecule has 0 aliphatic carbocycles. The summed E-state index contributed by atoms with van der Waals surface area (Å²) in [5, 5.41) is 0. The smallest absolute Gasteiger partial charge is 0.222 e. The van der Waals surface area contributed by atoms with Crippen molar-refractivity contribution in [3.8, 4) is 0 Å². The van der Waals surface area contributed by atoms with E-state index in [1.54, 1.807) is 0 Å². The molecule has 2 aliphatic rings. The number of nitrogens with zero attached hydrogens (tertiary/aromatic N) is 1. The summed E-state index contributed by atoms with van der Waals surface area (Å²) >= 11 is 0. The summed E-state index contributed by atoms with van der Waals surface area (Å²) in [7, 11) is 0. The van der Waals surface area contributed by atoms with E-state index in [9.17, 15) is 4.79 Å². The van der Waals surface area contributed by atoms with Crippen molar-refractivity contribution in [3.63, 3.8) is 0 Å². The summed E-state index contributed by atoms with van der Waals surface area (Å²) in [6.07, 6.45) is 4.53. The molecule has 0 spiro atoms. The Labute approximate surface area is 85.4 Å². The first-order chi connectivity index (χ1) is 6.66. The summed E-state index contributed by atoms with van der Waals surface area (Å²) < 4.78 is 5.80. The van der Waals surface area contributed by atoms with Crippen LogP contribution in [0, 0.1) is 0 Å². The van der Waals surface area contributed by atoms with E-state index >= 15 is 0 Å². The van der Waals surface area contributed by atoms with Gasteiger partial charge in [0.1, 0.15) is 0 Å². The molecule has 3 nitrogen and oxygen atoms in total. The van der Waals surface area contributed by atoms with E-state index in [1.807, 2.05) is 4.90 Å². The lowest BCUT2D eigenvalue weighted by Gasteiger charge is -2.35. The van der Waals surface area contributed by atoms with E-state index in [4.69, 9.17) is 4.74 Å². The van der Waals surface area contributed by atoms with Crippen molar-refractivity contribution in [1.29, 1.82) is 0 Å². The molecule has 0 unspecified atom stereocenters. The third kappa shape index (κ3) is 1.92. The second kappa shape index (κ2) is 3.89. The summed E-state index contributed by atoms with van der Waals surface area (Å²) in [6, 6.07) is 0.472. The van der Waals surface area contributed by atoms with Gasteiger partial charge in [-0.3, -0.25) is 4.79 Å². The first kappa shape index (κ1) is 9.97. The molecule has 2 rings (SSSR count). The van der Waals surface area contributed by atoms with Crippen LogP contribution >= 0.6 is 0 Å². The molecule has 0 bridgehead atoms. The predicted octanol–water partition coefficient (Wildman–Crippen LogP) is 1.56. The molecule has 0 aromatic heterocycles. The van der Waals surface area contributed by atoms with Crippen LogP contribution in [-0.2, 0) is 9.53 Å². The van der Waals surface area contributed by atoms with Gasteiger partial charge in [-0.05, 0) is 33.1 Å². The Morgan fingerprint density at radius 3 is 2.93 bits per heavy atom. The number of rotatable bonds is 2. The van der Waals surface area contributed by atoms with Gasteiger partial charge < -0.3 is 9.64 Å². The van der Waals surface area contributed by atoms with Gasteiger partial charge in [0.15, 0.2) is 0 Å². The molecule has 3 heteroatoms. The molecular weight excluding hydrogens is 178 g/mol. The summed E-state index contributed by atoms with van der Waals surface area (Å²) in [4.78, 5) is 13.5. The Bertz CT molecular complexity index is 227. The third-order valence-electron chi connectivity index (χ3n) is 3.14. The zero-order valence-corrected chi connectivity index (χ0v) is 9.03. The SMILES string of the molecule is CC(C)O[C@H]1CCN2C(=O)CC[C@@H]2C1. The number of fused-ring (bicyclic) bond motifs is 1. The highest BCUT2D eigenvalue weighted by molar-refractivity contribution is 5.78. The molecule has 0 N–H and O–H groups in total. The maximum Gasteiger partial charge on any atom is 0.222 e. The average molecular weight is 197 g/mol. The number of carbonyl (C=O) groups is 1. The Morgan fingerprint density at radius 2 is 2.21 bits per heavy atom. The molecule has 14 heavy (non-hydrogen) atoms. The average Bonchev–Trinajstić information content (AvgIpc) is 2.46. The molecule has 2 atom stereocenters. The molecule has 0 aromatic carbocycles. The van der Waals surface area contributed by atoms with Crippen LogP contribution in [0.2, 0.25) is 0 Å². The van der Waals surface area contributed by atoms with Crippen LogP contribution in [0.15, 0.2) is 0 Å². The van der Waals surface area contributed by atoms with Crippen molar-refractivity contribution in [2.24, 2.45) is 0 Å². The molecule has 0 saturated carbocycles. The monoisotopic (exact) mass is 197 g/mol. The second-order valence-corrected chi connectivity index (χ2v) is 4.61. The van der Waals surface area contributed by atoms with Crippen molar-refractivity contribution in [3.05, 3.63) is 0 Å². The van der Waals surface area contributed by atoms with Gasteiger partial charge in [-0.15, -0.1) is 0 Å². The largest absolute Gasteiger partial charge is 0.375 e. The standard InChI is InChI=1S/C11H19NO2/c1-8(2)14-10-5-6-12-9(7-10)3-4-11(12)13/h8-10H,3-7H2,1-2H3/t9-,10+/m1/s1. The van der Waals surface area contributed by atoms with Crippen molar-refractivity contribution in [2.45, 2.75) is 57.8 Å². The Hall–Kier alpha value is -0.570. The summed E-state index contributed by atoms with van der Waals surface area (Å²) in [5.41, 5.74) is 0. The molecule has 2 fully saturated rings. The van der Waals surface area contributed by atoms with Gasteiger partial charge in [0.2, 0.25) is 5.91 Å². The lowest BCUT2D eigenvalue weighted by molar-refractivity contribution is -0.132. The summed E-state index contributed by atoms with van der Waals surface area (Å²) in [6.45, 7) is 5.05. The minimum Gasteiger partial charge on any atom is -0.375 e. The fraction of sp³-hybridized carbons (Fsp3) is 0.909. The van der Waals surface area contributed by atoms with Crippen molar-refractivity contribution in [2.75, 3.05) is 6.54 Å². The molecule has 0 radical (unpaired) electrons. The number of carbonyl (C=O) groups excluding carboxylic acids is 1. The molecule has 2 aliphatic heterocycles. The number of ether oxygens (including phenoxy) is 1. The van der Waals surface area contributed by atoms with E-state index in [2.05, 4.69) is 13.8 Å². The van der Waals surface area contributed by atoms with Crippen LogP contribution in [0.25, 0.3) is 0 Å². The van der Waals surface area contributed by atoms with Crippen LogP contribution < -0.4 is 0 Å². The topological polar surface area (TPSA) is 29.5 Å². The summed E-state index contributed by atoms with van der Waals surface area (Å²) in [5.74, 6) is 0.345. The van der Waals surface area contributed by atoms with Gasteiger partial charge in [-0.2, -0.15) is 0 Å². The lowest BCUT2D eigenvalue weighted by atomic mass is 10.00. The fourth-order valence-corrected chi connectivity index (χ4v) is 2.56. The van der Waals surface area contributed by atoms with Gasteiger partial charge in [-0.1, -0.05) is 0 Å². The second-order valence-electron chi connectivity index (χ2n) is 4.61. The predicted molar refractivity (Wildman–Crippen MR) is 54.0 cm³/mol. The highest BCUT2D eigenvalue weighted by Crippen LogP contribution is 2.29. The maximum atomic E-state index is 11.4. The fourth-order valence-electron chi connectivity index (χ4n) is 2.56. The molecule has 80 valence electrons. The molecular formula is C11H19NO2. The van der Waals surface area contributed by atoms with Crippen LogP contribution in [0.5, 0.6) is 0 Å². The number of hydrogen-bond donors (Lipinski definition) is 0. The van der Waals surface area contributed by atoms with Crippen LogP contribution in [-0.4, -0.2) is 35.6 Å². The normalized spacial score (nSPS) is 32.5. The minimum atomic E-state index is 0.309.